The minimum absolute atomic E-state index is 0.0483. The molecule has 2 aromatic rings. The molecule has 1 aliphatic rings. The van der Waals surface area contributed by atoms with Crippen molar-refractivity contribution in [3.63, 3.8) is 0 Å². The molecule has 0 radical (unpaired) electrons. The zero-order valence-corrected chi connectivity index (χ0v) is 12.7. The maximum absolute atomic E-state index is 12.3. The van der Waals surface area contributed by atoms with Gasteiger partial charge in [0.2, 0.25) is 0 Å². The summed E-state index contributed by atoms with van der Waals surface area (Å²) in [5, 5.41) is 7.54. The monoisotopic (exact) mass is 299 g/mol. The minimum Gasteiger partial charge on any atom is -0.347 e. The van der Waals surface area contributed by atoms with Gasteiger partial charge in [-0.25, -0.2) is 9.67 Å². The van der Waals surface area contributed by atoms with Crippen LogP contribution in [0.5, 0.6) is 0 Å². The van der Waals surface area contributed by atoms with Crippen LogP contribution in [0.2, 0.25) is 0 Å². The van der Waals surface area contributed by atoms with E-state index in [4.69, 9.17) is 5.73 Å². The van der Waals surface area contributed by atoms with Crippen molar-refractivity contribution in [3.8, 4) is 0 Å². The second-order valence-corrected chi connectivity index (χ2v) is 5.59. The zero-order valence-electron chi connectivity index (χ0n) is 12.7. The highest BCUT2D eigenvalue weighted by Gasteiger charge is 2.22. The highest BCUT2D eigenvalue weighted by atomic mass is 16.1. The van der Waals surface area contributed by atoms with Crippen LogP contribution < -0.4 is 11.1 Å². The number of nitrogens with two attached hydrogens (primary N) is 1. The first-order chi connectivity index (χ1) is 10.7. The number of amides is 1. The molecular weight excluding hydrogens is 278 g/mol. The van der Waals surface area contributed by atoms with E-state index in [1.165, 1.54) is 0 Å². The molecule has 1 aliphatic heterocycles. The molecule has 0 saturated carbocycles. The SMILES string of the molecule is CCc1nc2n(n1)CC(NC(=O)c1ccc(CN)cc1)CC2. The lowest BCUT2D eigenvalue weighted by atomic mass is 10.1. The van der Waals surface area contributed by atoms with Crippen molar-refractivity contribution in [2.24, 2.45) is 5.73 Å². The van der Waals surface area contributed by atoms with Gasteiger partial charge >= 0.3 is 0 Å². The van der Waals surface area contributed by atoms with Gasteiger partial charge in [-0.3, -0.25) is 4.79 Å². The number of fused-ring (bicyclic) bond motifs is 1. The van der Waals surface area contributed by atoms with Crippen molar-refractivity contribution in [1.29, 1.82) is 0 Å². The fraction of sp³-hybridized carbons (Fsp3) is 0.438. The topological polar surface area (TPSA) is 85.8 Å². The van der Waals surface area contributed by atoms with Crippen LogP contribution in [0.1, 0.15) is 40.9 Å². The summed E-state index contributed by atoms with van der Waals surface area (Å²) in [4.78, 5) is 16.8. The second-order valence-electron chi connectivity index (χ2n) is 5.59. The molecule has 0 spiro atoms. The first kappa shape index (κ1) is 14.7. The zero-order chi connectivity index (χ0) is 15.5. The summed E-state index contributed by atoms with van der Waals surface area (Å²) in [5.41, 5.74) is 7.25. The first-order valence-corrected chi connectivity index (χ1v) is 7.72. The molecule has 1 aromatic heterocycles. The Bertz CT molecular complexity index is 662. The Labute approximate surface area is 129 Å². The van der Waals surface area contributed by atoms with Crippen LogP contribution in [0.4, 0.5) is 0 Å². The fourth-order valence-corrected chi connectivity index (χ4v) is 2.69. The molecular formula is C16H21N5O. The van der Waals surface area contributed by atoms with Crippen molar-refractivity contribution in [3.05, 3.63) is 47.0 Å². The van der Waals surface area contributed by atoms with Gasteiger partial charge in [-0.2, -0.15) is 5.10 Å². The number of hydrogen-bond acceptors (Lipinski definition) is 4. The van der Waals surface area contributed by atoms with Crippen molar-refractivity contribution in [2.45, 2.75) is 45.3 Å². The van der Waals surface area contributed by atoms with E-state index in [0.717, 1.165) is 36.5 Å². The lowest BCUT2D eigenvalue weighted by Crippen LogP contribution is -2.41. The van der Waals surface area contributed by atoms with Crippen LogP contribution in [0, 0.1) is 0 Å². The Morgan fingerprint density at radius 3 is 2.86 bits per heavy atom. The predicted molar refractivity (Wildman–Crippen MR) is 83.3 cm³/mol. The standard InChI is InChI=1S/C16H21N5O/c1-2-14-19-15-8-7-13(10-21(15)20-14)18-16(22)12-5-3-11(9-17)4-6-12/h3-6,13H,2,7-10,17H2,1H3,(H,18,22). The lowest BCUT2D eigenvalue weighted by molar-refractivity contribution is 0.0926. The summed E-state index contributed by atoms with van der Waals surface area (Å²) in [6.07, 6.45) is 2.59. The van der Waals surface area contributed by atoms with E-state index in [-0.39, 0.29) is 11.9 Å². The molecule has 0 fully saturated rings. The quantitative estimate of drug-likeness (QED) is 0.883. The summed E-state index contributed by atoms with van der Waals surface area (Å²) in [6, 6.07) is 7.51. The second kappa shape index (κ2) is 6.27. The van der Waals surface area contributed by atoms with Crippen molar-refractivity contribution in [1.82, 2.24) is 20.1 Å². The summed E-state index contributed by atoms with van der Waals surface area (Å²) in [7, 11) is 0. The third kappa shape index (κ3) is 3.01. The molecule has 1 atom stereocenters. The normalized spacial score (nSPS) is 17.1. The number of benzene rings is 1. The van der Waals surface area contributed by atoms with Gasteiger partial charge in [-0.15, -0.1) is 0 Å². The highest BCUT2D eigenvalue weighted by molar-refractivity contribution is 5.94. The van der Waals surface area contributed by atoms with Gasteiger partial charge in [0.1, 0.15) is 5.82 Å². The molecule has 1 unspecified atom stereocenters. The summed E-state index contributed by atoms with van der Waals surface area (Å²) >= 11 is 0. The number of aryl methyl sites for hydroxylation is 2. The van der Waals surface area contributed by atoms with Gasteiger partial charge < -0.3 is 11.1 Å². The molecule has 22 heavy (non-hydrogen) atoms. The van der Waals surface area contributed by atoms with E-state index in [1.54, 1.807) is 0 Å². The van der Waals surface area contributed by atoms with Crippen LogP contribution in [0.3, 0.4) is 0 Å². The maximum atomic E-state index is 12.3. The Balaban J connectivity index is 1.64. The third-order valence-corrected chi connectivity index (χ3v) is 4.01. The van der Waals surface area contributed by atoms with E-state index in [1.807, 2.05) is 35.9 Å². The molecule has 6 heteroatoms. The summed E-state index contributed by atoms with van der Waals surface area (Å²) in [5.74, 6) is 1.85. The van der Waals surface area contributed by atoms with Gasteiger partial charge in [0, 0.05) is 31.0 Å². The number of rotatable bonds is 4. The van der Waals surface area contributed by atoms with Crippen molar-refractivity contribution < 1.29 is 4.79 Å². The van der Waals surface area contributed by atoms with Gasteiger partial charge in [0.05, 0.1) is 6.54 Å². The molecule has 3 N–H and O–H groups in total. The van der Waals surface area contributed by atoms with Crippen molar-refractivity contribution >= 4 is 5.91 Å². The van der Waals surface area contributed by atoms with E-state index in [9.17, 15) is 4.79 Å². The molecule has 0 aliphatic carbocycles. The van der Waals surface area contributed by atoms with Crippen LogP contribution in [0.25, 0.3) is 0 Å². The molecule has 116 valence electrons. The van der Waals surface area contributed by atoms with E-state index < -0.39 is 0 Å². The number of nitrogens with one attached hydrogen (secondary N) is 1. The van der Waals surface area contributed by atoms with Crippen molar-refractivity contribution in [2.75, 3.05) is 0 Å². The van der Waals surface area contributed by atoms with E-state index in [2.05, 4.69) is 15.4 Å². The average Bonchev–Trinajstić information content (AvgIpc) is 2.97. The van der Waals surface area contributed by atoms with Crippen LogP contribution in [-0.2, 0) is 25.9 Å². The average molecular weight is 299 g/mol. The Kier molecular flexibility index (Phi) is 4.20. The van der Waals surface area contributed by atoms with Gasteiger partial charge in [0.25, 0.3) is 5.91 Å². The summed E-state index contributed by atoms with van der Waals surface area (Å²) in [6.45, 7) is 3.22. The molecule has 6 nitrogen and oxygen atoms in total. The van der Waals surface area contributed by atoms with Crippen LogP contribution >= 0.6 is 0 Å². The molecule has 2 heterocycles. The largest absolute Gasteiger partial charge is 0.347 e. The van der Waals surface area contributed by atoms with Crippen LogP contribution in [-0.4, -0.2) is 26.7 Å². The Morgan fingerprint density at radius 1 is 1.41 bits per heavy atom. The smallest absolute Gasteiger partial charge is 0.251 e. The van der Waals surface area contributed by atoms with Gasteiger partial charge in [-0.1, -0.05) is 19.1 Å². The van der Waals surface area contributed by atoms with E-state index in [0.29, 0.717) is 18.7 Å². The molecule has 1 aromatic carbocycles. The number of carbonyl (C=O) groups excluding carboxylic acids is 1. The minimum atomic E-state index is -0.0483. The van der Waals surface area contributed by atoms with Gasteiger partial charge in [0.15, 0.2) is 5.82 Å². The number of hydrogen-bond donors (Lipinski definition) is 2. The third-order valence-electron chi connectivity index (χ3n) is 4.01. The number of nitrogens with zero attached hydrogens (tertiary/aromatic N) is 3. The predicted octanol–water partition coefficient (Wildman–Crippen LogP) is 1.04. The Hall–Kier alpha value is -2.21. The molecule has 3 rings (SSSR count). The number of carbonyl (C=O) groups is 1. The molecule has 0 saturated heterocycles. The van der Waals surface area contributed by atoms with E-state index >= 15 is 0 Å². The Morgan fingerprint density at radius 2 is 2.18 bits per heavy atom. The molecule has 1 amide bonds. The first-order valence-electron chi connectivity index (χ1n) is 7.72. The molecule has 0 bridgehead atoms. The van der Waals surface area contributed by atoms with Crippen LogP contribution in [0.15, 0.2) is 24.3 Å². The summed E-state index contributed by atoms with van der Waals surface area (Å²) < 4.78 is 1.92. The number of aromatic nitrogens is 3. The highest BCUT2D eigenvalue weighted by Crippen LogP contribution is 2.14. The maximum Gasteiger partial charge on any atom is 0.251 e. The fourth-order valence-electron chi connectivity index (χ4n) is 2.69. The van der Waals surface area contributed by atoms with Gasteiger partial charge in [-0.05, 0) is 24.1 Å². The lowest BCUT2D eigenvalue weighted by Gasteiger charge is -2.23.